The third-order valence-electron chi connectivity index (χ3n) is 5.68. The summed E-state index contributed by atoms with van der Waals surface area (Å²) in [6.45, 7) is 4.96. The maximum Gasteiger partial charge on any atom is 0.308 e. The van der Waals surface area contributed by atoms with E-state index in [2.05, 4.69) is 46.3 Å². The van der Waals surface area contributed by atoms with Gasteiger partial charge in [0.1, 0.15) is 0 Å². The summed E-state index contributed by atoms with van der Waals surface area (Å²) < 4.78 is 5.30. The van der Waals surface area contributed by atoms with Crippen molar-refractivity contribution in [3.05, 3.63) is 65.9 Å². The fourth-order valence-electron chi connectivity index (χ4n) is 4.13. The molecule has 152 valence electrons. The van der Waals surface area contributed by atoms with E-state index in [0.29, 0.717) is 5.75 Å². The summed E-state index contributed by atoms with van der Waals surface area (Å²) in [5, 5.41) is 1.14. The molecular formula is C24H28N2O2S. The second kappa shape index (κ2) is 9.51. The summed E-state index contributed by atoms with van der Waals surface area (Å²) >= 11 is 1.97. The van der Waals surface area contributed by atoms with Crippen LogP contribution in [0.2, 0.25) is 0 Å². The highest BCUT2D eigenvalue weighted by Crippen LogP contribution is 2.30. The zero-order valence-electron chi connectivity index (χ0n) is 16.9. The average Bonchev–Trinajstić information content (AvgIpc) is 3.16. The first-order valence-corrected chi connectivity index (χ1v) is 11.5. The Bertz CT molecular complexity index is 946. The van der Waals surface area contributed by atoms with Crippen LogP contribution in [0.25, 0.3) is 10.9 Å². The van der Waals surface area contributed by atoms with Gasteiger partial charge in [0.2, 0.25) is 0 Å². The number of aromatic amines is 1. The highest BCUT2D eigenvalue weighted by molar-refractivity contribution is 7.98. The van der Waals surface area contributed by atoms with E-state index in [1.165, 1.54) is 44.0 Å². The number of benzene rings is 2. The van der Waals surface area contributed by atoms with Crippen LogP contribution in [0.1, 0.15) is 36.8 Å². The minimum Gasteiger partial charge on any atom is -0.424 e. The molecule has 1 aromatic heterocycles. The Morgan fingerprint density at radius 3 is 2.69 bits per heavy atom. The van der Waals surface area contributed by atoms with Crippen molar-refractivity contribution in [1.29, 1.82) is 0 Å². The zero-order valence-corrected chi connectivity index (χ0v) is 17.7. The first-order chi connectivity index (χ1) is 14.2. The van der Waals surface area contributed by atoms with Crippen molar-refractivity contribution < 1.29 is 9.53 Å². The average molecular weight is 409 g/mol. The highest BCUT2D eigenvalue weighted by atomic mass is 32.2. The number of H-pyrrole nitrogens is 1. The molecule has 0 radical (unpaired) electrons. The standard InChI is InChI=1S/C24H28N2O2S/c1-18(27)28-23-9-5-8-22-21(16-25-24(22)23)17-29-15-14-26-12-10-20(11-13-26)19-6-3-2-4-7-19/h2-9,16,20,25H,10-15,17H2,1H3. The molecule has 0 aliphatic carbocycles. The monoisotopic (exact) mass is 408 g/mol. The number of likely N-dealkylation sites (tertiary alicyclic amines) is 1. The molecule has 0 amide bonds. The molecule has 1 aliphatic heterocycles. The van der Waals surface area contributed by atoms with Crippen LogP contribution >= 0.6 is 11.8 Å². The Morgan fingerprint density at radius 2 is 1.93 bits per heavy atom. The lowest BCUT2D eigenvalue weighted by Crippen LogP contribution is -2.34. The smallest absolute Gasteiger partial charge is 0.308 e. The van der Waals surface area contributed by atoms with E-state index in [0.717, 1.165) is 34.9 Å². The van der Waals surface area contributed by atoms with Gasteiger partial charge < -0.3 is 14.6 Å². The normalized spacial score (nSPS) is 15.6. The van der Waals surface area contributed by atoms with Crippen LogP contribution in [0.5, 0.6) is 5.75 Å². The quantitative estimate of drug-likeness (QED) is 0.331. The summed E-state index contributed by atoms with van der Waals surface area (Å²) in [4.78, 5) is 17.2. The van der Waals surface area contributed by atoms with Gasteiger partial charge in [-0.05, 0) is 49.0 Å². The lowest BCUT2D eigenvalue weighted by Gasteiger charge is -2.32. The van der Waals surface area contributed by atoms with Crippen molar-refractivity contribution in [3.8, 4) is 5.75 Å². The first kappa shape index (κ1) is 20.0. The Balaban J connectivity index is 1.24. The number of rotatable bonds is 7. The van der Waals surface area contributed by atoms with E-state index in [1.807, 2.05) is 30.1 Å². The molecule has 4 rings (SSSR count). The number of esters is 1. The predicted octanol–water partition coefficient (Wildman–Crippen LogP) is 5.21. The molecule has 0 saturated carbocycles. The number of nitrogens with one attached hydrogen (secondary N) is 1. The maximum absolute atomic E-state index is 11.3. The second-order valence-corrected chi connectivity index (χ2v) is 8.77. The molecule has 0 atom stereocenters. The van der Waals surface area contributed by atoms with E-state index in [1.54, 1.807) is 0 Å². The Kier molecular flexibility index (Phi) is 6.57. The molecule has 0 bridgehead atoms. The Hall–Kier alpha value is -2.24. The summed E-state index contributed by atoms with van der Waals surface area (Å²) in [6, 6.07) is 16.8. The number of hydrogen-bond acceptors (Lipinski definition) is 4. The number of para-hydroxylation sites is 1. The number of piperidine rings is 1. The fourth-order valence-corrected chi connectivity index (χ4v) is 5.13. The molecule has 1 fully saturated rings. The van der Waals surface area contributed by atoms with Gasteiger partial charge in [0, 0.05) is 36.6 Å². The molecule has 1 saturated heterocycles. The SMILES string of the molecule is CC(=O)Oc1cccc2c(CSCCN3CCC(c4ccccc4)CC3)c[nH]c12. The van der Waals surface area contributed by atoms with Gasteiger partial charge in [0.05, 0.1) is 5.52 Å². The number of aromatic nitrogens is 1. The van der Waals surface area contributed by atoms with Crippen LogP contribution in [0.3, 0.4) is 0 Å². The summed E-state index contributed by atoms with van der Waals surface area (Å²) in [6.07, 6.45) is 4.56. The number of thioether (sulfide) groups is 1. The van der Waals surface area contributed by atoms with Gasteiger partial charge in [-0.3, -0.25) is 4.79 Å². The number of hydrogen-bond donors (Lipinski definition) is 1. The van der Waals surface area contributed by atoms with Gasteiger partial charge in [-0.1, -0.05) is 42.5 Å². The molecule has 3 aromatic rings. The first-order valence-electron chi connectivity index (χ1n) is 10.3. The molecule has 4 nitrogen and oxygen atoms in total. The molecule has 0 spiro atoms. The van der Waals surface area contributed by atoms with Crippen molar-refractivity contribution in [2.24, 2.45) is 0 Å². The number of ether oxygens (including phenoxy) is 1. The minimum atomic E-state index is -0.293. The fraction of sp³-hybridized carbons (Fsp3) is 0.375. The Labute approximate surface area is 176 Å². The van der Waals surface area contributed by atoms with Crippen molar-refractivity contribution in [2.45, 2.75) is 31.4 Å². The molecule has 1 aliphatic rings. The van der Waals surface area contributed by atoms with E-state index >= 15 is 0 Å². The lowest BCUT2D eigenvalue weighted by atomic mass is 9.89. The van der Waals surface area contributed by atoms with Crippen molar-refractivity contribution in [3.63, 3.8) is 0 Å². The molecule has 29 heavy (non-hydrogen) atoms. The summed E-state index contributed by atoms with van der Waals surface area (Å²) in [5.74, 6) is 3.13. The van der Waals surface area contributed by atoms with Crippen molar-refractivity contribution >= 4 is 28.6 Å². The van der Waals surface area contributed by atoms with E-state index in [4.69, 9.17) is 4.74 Å². The Morgan fingerprint density at radius 1 is 1.14 bits per heavy atom. The van der Waals surface area contributed by atoms with E-state index in [-0.39, 0.29) is 5.97 Å². The van der Waals surface area contributed by atoms with Crippen LogP contribution in [-0.4, -0.2) is 41.2 Å². The van der Waals surface area contributed by atoms with Crippen LogP contribution in [0.4, 0.5) is 0 Å². The summed E-state index contributed by atoms with van der Waals surface area (Å²) in [5.41, 5.74) is 3.66. The van der Waals surface area contributed by atoms with Gasteiger partial charge >= 0.3 is 5.97 Å². The molecule has 2 heterocycles. The van der Waals surface area contributed by atoms with Crippen molar-refractivity contribution in [2.75, 3.05) is 25.4 Å². The second-order valence-electron chi connectivity index (χ2n) is 7.67. The third-order valence-corrected chi connectivity index (χ3v) is 6.67. The number of carbonyl (C=O) groups excluding carboxylic acids is 1. The molecular weight excluding hydrogens is 380 g/mol. The third kappa shape index (κ3) is 5.03. The molecule has 2 aromatic carbocycles. The maximum atomic E-state index is 11.3. The zero-order chi connectivity index (χ0) is 20.1. The summed E-state index contributed by atoms with van der Waals surface area (Å²) in [7, 11) is 0. The van der Waals surface area contributed by atoms with E-state index in [9.17, 15) is 4.79 Å². The van der Waals surface area contributed by atoms with Gasteiger partial charge in [0.25, 0.3) is 0 Å². The van der Waals surface area contributed by atoms with Gasteiger partial charge in [-0.25, -0.2) is 0 Å². The predicted molar refractivity (Wildman–Crippen MR) is 121 cm³/mol. The van der Waals surface area contributed by atoms with Crippen LogP contribution in [-0.2, 0) is 10.5 Å². The van der Waals surface area contributed by atoms with Crippen LogP contribution < -0.4 is 4.74 Å². The highest BCUT2D eigenvalue weighted by Gasteiger charge is 2.20. The van der Waals surface area contributed by atoms with Gasteiger partial charge in [0.15, 0.2) is 5.75 Å². The van der Waals surface area contributed by atoms with Crippen LogP contribution in [0.15, 0.2) is 54.7 Å². The minimum absolute atomic E-state index is 0.293. The van der Waals surface area contributed by atoms with E-state index < -0.39 is 0 Å². The molecule has 5 heteroatoms. The number of fused-ring (bicyclic) bond motifs is 1. The van der Waals surface area contributed by atoms with Crippen LogP contribution in [0, 0.1) is 0 Å². The molecule has 1 N–H and O–H groups in total. The topological polar surface area (TPSA) is 45.3 Å². The van der Waals surface area contributed by atoms with Gasteiger partial charge in [-0.2, -0.15) is 11.8 Å². The van der Waals surface area contributed by atoms with Gasteiger partial charge in [-0.15, -0.1) is 0 Å². The number of carbonyl (C=O) groups is 1. The molecule has 0 unspecified atom stereocenters. The number of nitrogens with zero attached hydrogens (tertiary/aromatic N) is 1. The lowest BCUT2D eigenvalue weighted by molar-refractivity contribution is -0.131. The largest absolute Gasteiger partial charge is 0.424 e. The van der Waals surface area contributed by atoms with Crippen molar-refractivity contribution in [1.82, 2.24) is 9.88 Å².